The van der Waals surface area contributed by atoms with E-state index >= 15 is 0 Å². The van der Waals surface area contributed by atoms with E-state index in [9.17, 15) is 4.39 Å². The lowest BCUT2D eigenvalue weighted by Crippen LogP contribution is -2.12. The largest absolute Gasteiger partial charge is 0.385 e. The highest BCUT2D eigenvalue weighted by molar-refractivity contribution is 5.75. The van der Waals surface area contributed by atoms with Crippen LogP contribution < -0.4 is 5.32 Å². The first kappa shape index (κ1) is 11.3. The molecule has 1 heterocycles. The van der Waals surface area contributed by atoms with Gasteiger partial charge in [0.05, 0.1) is 0 Å². The first-order chi connectivity index (χ1) is 8.75. The first-order valence-electron chi connectivity index (χ1n) is 6.38. The standard InChI is InChI=1S/C16H16FN/c1-11-7-8-15(17)14(10-11)12-4-2-6-16-13(12)5-3-9-18-16/h2,4,6-8,10,18H,3,5,9H2,1H3. The molecule has 0 saturated carbocycles. The van der Waals surface area contributed by atoms with Crippen molar-refractivity contribution in [3.8, 4) is 11.1 Å². The van der Waals surface area contributed by atoms with E-state index in [1.165, 1.54) is 5.56 Å². The Hall–Kier alpha value is -1.83. The van der Waals surface area contributed by atoms with Gasteiger partial charge in [-0.3, -0.25) is 0 Å². The third-order valence-corrected chi connectivity index (χ3v) is 3.51. The van der Waals surface area contributed by atoms with Gasteiger partial charge >= 0.3 is 0 Å². The molecule has 1 N–H and O–H groups in total. The summed E-state index contributed by atoms with van der Waals surface area (Å²) in [5.74, 6) is -0.139. The molecule has 1 aliphatic heterocycles. The normalized spacial score (nSPS) is 13.9. The summed E-state index contributed by atoms with van der Waals surface area (Å²) in [5, 5.41) is 3.38. The van der Waals surface area contributed by atoms with Crippen LogP contribution in [0.25, 0.3) is 11.1 Å². The number of aryl methyl sites for hydroxylation is 1. The fourth-order valence-electron chi connectivity index (χ4n) is 2.61. The molecule has 0 saturated heterocycles. The highest BCUT2D eigenvalue weighted by Crippen LogP contribution is 2.34. The number of halogens is 1. The Morgan fingerprint density at radius 3 is 2.89 bits per heavy atom. The van der Waals surface area contributed by atoms with Crippen molar-refractivity contribution in [1.29, 1.82) is 0 Å². The van der Waals surface area contributed by atoms with Crippen molar-refractivity contribution in [2.24, 2.45) is 0 Å². The van der Waals surface area contributed by atoms with Gasteiger partial charge in [0, 0.05) is 17.8 Å². The van der Waals surface area contributed by atoms with Crippen LogP contribution in [-0.2, 0) is 6.42 Å². The van der Waals surface area contributed by atoms with Gasteiger partial charge in [0.2, 0.25) is 0 Å². The van der Waals surface area contributed by atoms with Crippen LogP contribution in [-0.4, -0.2) is 6.54 Å². The average Bonchev–Trinajstić information content (AvgIpc) is 2.41. The van der Waals surface area contributed by atoms with Gasteiger partial charge in [-0.2, -0.15) is 0 Å². The zero-order chi connectivity index (χ0) is 12.5. The summed E-state index contributed by atoms with van der Waals surface area (Å²) in [7, 11) is 0. The molecule has 0 bridgehead atoms. The zero-order valence-corrected chi connectivity index (χ0v) is 10.5. The second kappa shape index (κ2) is 4.45. The number of hydrogen-bond acceptors (Lipinski definition) is 1. The average molecular weight is 241 g/mol. The molecule has 2 aromatic rings. The van der Waals surface area contributed by atoms with E-state index in [1.54, 1.807) is 6.07 Å². The lowest BCUT2D eigenvalue weighted by molar-refractivity contribution is 0.630. The molecule has 0 aliphatic carbocycles. The zero-order valence-electron chi connectivity index (χ0n) is 10.5. The molecule has 1 aliphatic rings. The fourth-order valence-corrected chi connectivity index (χ4v) is 2.61. The van der Waals surface area contributed by atoms with E-state index in [0.717, 1.165) is 41.8 Å². The fraction of sp³-hybridized carbons (Fsp3) is 0.250. The molecule has 0 atom stereocenters. The van der Waals surface area contributed by atoms with Gasteiger partial charge in [-0.25, -0.2) is 4.39 Å². The molecule has 0 unspecified atom stereocenters. The van der Waals surface area contributed by atoms with E-state index in [1.807, 2.05) is 31.2 Å². The Morgan fingerprint density at radius 2 is 2.00 bits per heavy atom. The number of nitrogens with one attached hydrogen (secondary N) is 1. The van der Waals surface area contributed by atoms with Gasteiger partial charge < -0.3 is 5.32 Å². The van der Waals surface area contributed by atoms with Crippen LogP contribution in [0.5, 0.6) is 0 Å². The van der Waals surface area contributed by atoms with Crippen LogP contribution in [0.15, 0.2) is 36.4 Å². The molecule has 0 spiro atoms. The van der Waals surface area contributed by atoms with Crippen LogP contribution in [0.1, 0.15) is 17.5 Å². The van der Waals surface area contributed by atoms with Crippen LogP contribution in [0.2, 0.25) is 0 Å². The van der Waals surface area contributed by atoms with Gasteiger partial charge in [-0.15, -0.1) is 0 Å². The molecular weight excluding hydrogens is 225 g/mol. The summed E-state index contributed by atoms with van der Waals surface area (Å²) in [5.41, 5.74) is 5.23. The number of fused-ring (bicyclic) bond motifs is 1. The molecule has 3 rings (SSSR count). The van der Waals surface area contributed by atoms with Crippen molar-refractivity contribution in [1.82, 2.24) is 0 Å². The summed E-state index contributed by atoms with van der Waals surface area (Å²) in [4.78, 5) is 0. The minimum absolute atomic E-state index is 0.139. The number of hydrogen-bond donors (Lipinski definition) is 1. The predicted octanol–water partition coefficient (Wildman–Crippen LogP) is 4.16. The Balaban J connectivity index is 2.19. The van der Waals surface area contributed by atoms with Crippen LogP contribution in [0.3, 0.4) is 0 Å². The minimum atomic E-state index is -0.139. The van der Waals surface area contributed by atoms with Gasteiger partial charge in [-0.1, -0.05) is 23.8 Å². The molecule has 1 nitrogen and oxygen atoms in total. The van der Waals surface area contributed by atoms with E-state index in [4.69, 9.17) is 0 Å². The number of rotatable bonds is 1. The van der Waals surface area contributed by atoms with Crippen molar-refractivity contribution in [3.05, 3.63) is 53.3 Å². The summed E-state index contributed by atoms with van der Waals surface area (Å²) in [6, 6.07) is 11.4. The summed E-state index contributed by atoms with van der Waals surface area (Å²) < 4.78 is 14.0. The Bertz CT molecular complexity index is 590. The predicted molar refractivity (Wildman–Crippen MR) is 73.4 cm³/mol. The SMILES string of the molecule is Cc1ccc(F)c(-c2cccc3c2CCCN3)c1. The molecule has 0 aromatic heterocycles. The van der Waals surface area contributed by atoms with Gasteiger partial charge in [0.1, 0.15) is 5.82 Å². The highest BCUT2D eigenvalue weighted by atomic mass is 19.1. The van der Waals surface area contributed by atoms with Crippen LogP contribution in [0.4, 0.5) is 10.1 Å². The van der Waals surface area contributed by atoms with Crippen molar-refractivity contribution in [3.63, 3.8) is 0 Å². The number of anilines is 1. The van der Waals surface area contributed by atoms with Crippen molar-refractivity contribution >= 4 is 5.69 Å². The minimum Gasteiger partial charge on any atom is -0.385 e. The maximum absolute atomic E-state index is 14.0. The molecular formula is C16H16FN. The Morgan fingerprint density at radius 1 is 1.11 bits per heavy atom. The van der Waals surface area contributed by atoms with Gasteiger partial charge in [0.15, 0.2) is 0 Å². The smallest absolute Gasteiger partial charge is 0.131 e. The second-order valence-electron chi connectivity index (χ2n) is 4.85. The molecule has 0 radical (unpaired) electrons. The quantitative estimate of drug-likeness (QED) is 0.790. The van der Waals surface area contributed by atoms with E-state index in [2.05, 4.69) is 11.4 Å². The van der Waals surface area contributed by atoms with Crippen LogP contribution >= 0.6 is 0 Å². The maximum atomic E-state index is 14.0. The van der Waals surface area contributed by atoms with E-state index < -0.39 is 0 Å². The Kier molecular flexibility index (Phi) is 2.78. The lowest BCUT2D eigenvalue weighted by Gasteiger charge is -2.21. The molecule has 2 aromatic carbocycles. The van der Waals surface area contributed by atoms with Gasteiger partial charge in [-0.05, 0) is 49.1 Å². The Labute approximate surface area is 107 Å². The number of benzene rings is 2. The summed E-state index contributed by atoms with van der Waals surface area (Å²) in [6.45, 7) is 3.00. The molecule has 18 heavy (non-hydrogen) atoms. The van der Waals surface area contributed by atoms with Crippen molar-refractivity contribution in [2.75, 3.05) is 11.9 Å². The lowest BCUT2D eigenvalue weighted by atomic mass is 9.92. The first-order valence-corrected chi connectivity index (χ1v) is 6.38. The summed E-state index contributed by atoms with van der Waals surface area (Å²) >= 11 is 0. The van der Waals surface area contributed by atoms with Crippen molar-refractivity contribution < 1.29 is 4.39 Å². The third kappa shape index (κ3) is 1.88. The third-order valence-electron chi connectivity index (χ3n) is 3.51. The van der Waals surface area contributed by atoms with E-state index in [-0.39, 0.29) is 5.82 Å². The monoisotopic (exact) mass is 241 g/mol. The van der Waals surface area contributed by atoms with Gasteiger partial charge in [0.25, 0.3) is 0 Å². The second-order valence-corrected chi connectivity index (χ2v) is 4.85. The summed E-state index contributed by atoms with van der Waals surface area (Å²) in [6.07, 6.45) is 2.13. The van der Waals surface area contributed by atoms with Crippen molar-refractivity contribution in [2.45, 2.75) is 19.8 Å². The molecule has 0 amide bonds. The highest BCUT2D eigenvalue weighted by Gasteiger charge is 2.15. The molecule has 92 valence electrons. The molecule has 2 heteroatoms. The van der Waals surface area contributed by atoms with Crippen LogP contribution in [0, 0.1) is 12.7 Å². The van der Waals surface area contributed by atoms with E-state index in [0.29, 0.717) is 0 Å². The maximum Gasteiger partial charge on any atom is 0.131 e. The molecule has 0 fully saturated rings. The topological polar surface area (TPSA) is 12.0 Å².